The van der Waals surface area contributed by atoms with E-state index in [1.807, 2.05) is 23.6 Å². The number of aromatic nitrogens is 1. The Morgan fingerprint density at radius 3 is 2.58 bits per heavy atom. The fourth-order valence-electron chi connectivity index (χ4n) is 1.79. The SMILES string of the molecule is C=C(/C=C(\C)c1ccccc1)/C(=C\NN)c1cs[nH]1. The largest absolute Gasteiger partial charge is 0.331 e. The molecule has 98 valence electrons. The molecule has 0 radical (unpaired) electrons. The van der Waals surface area contributed by atoms with Crippen LogP contribution in [0.1, 0.15) is 18.2 Å². The third-order valence-electron chi connectivity index (χ3n) is 2.83. The normalized spacial score (nSPS) is 12.5. The average molecular weight is 271 g/mol. The Bertz CT molecular complexity index is 593. The lowest BCUT2D eigenvalue weighted by molar-refractivity contribution is 0.969. The predicted molar refractivity (Wildman–Crippen MR) is 83.2 cm³/mol. The fraction of sp³-hybridized carbons (Fsp3) is 0.0667. The summed E-state index contributed by atoms with van der Waals surface area (Å²) in [5, 5.41) is 2.03. The zero-order valence-electron chi connectivity index (χ0n) is 10.8. The Labute approximate surface area is 117 Å². The molecular weight excluding hydrogens is 254 g/mol. The van der Waals surface area contributed by atoms with Crippen molar-refractivity contribution in [3.63, 3.8) is 0 Å². The van der Waals surface area contributed by atoms with E-state index < -0.39 is 0 Å². The lowest BCUT2D eigenvalue weighted by atomic mass is 10.0. The highest BCUT2D eigenvalue weighted by Gasteiger charge is 2.07. The molecule has 19 heavy (non-hydrogen) atoms. The van der Waals surface area contributed by atoms with Crippen LogP contribution in [0.15, 0.2) is 60.1 Å². The molecule has 4 heteroatoms. The average Bonchev–Trinajstić information content (AvgIpc) is 2.37. The second-order valence-electron chi connectivity index (χ2n) is 4.19. The molecule has 1 aromatic heterocycles. The Balaban J connectivity index is 2.23. The van der Waals surface area contributed by atoms with E-state index in [9.17, 15) is 0 Å². The van der Waals surface area contributed by atoms with Gasteiger partial charge in [0.1, 0.15) is 0 Å². The van der Waals surface area contributed by atoms with Gasteiger partial charge in [-0.05, 0) is 23.6 Å². The minimum Gasteiger partial charge on any atom is -0.331 e. The van der Waals surface area contributed by atoms with Gasteiger partial charge in [0.2, 0.25) is 0 Å². The molecule has 0 saturated carbocycles. The summed E-state index contributed by atoms with van der Waals surface area (Å²) < 4.78 is 3.15. The number of nitrogens with one attached hydrogen (secondary N) is 2. The van der Waals surface area contributed by atoms with Crippen LogP contribution in [-0.4, -0.2) is 4.37 Å². The van der Waals surface area contributed by atoms with Gasteiger partial charge in [-0.1, -0.05) is 54.5 Å². The molecule has 0 bridgehead atoms. The molecule has 2 aromatic rings. The fourth-order valence-corrected chi connectivity index (χ4v) is 2.26. The van der Waals surface area contributed by atoms with E-state index in [2.05, 4.69) is 41.5 Å². The van der Waals surface area contributed by atoms with Crippen LogP contribution in [0, 0.1) is 0 Å². The molecular formula is C15H17N3S. The molecule has 3 nitrogen and oxygen atoms in total. The molecule has 1 aromatic carbocycles. The summed E-state index contributed by atoms with van der Waals surface area (Å²) in [6.07, 6.45) is 3.81. The van der Waals surface area contributed by atoms with Gasteiger partial charge in [0.15, 0.2) is 0 Å². The van der Waals surface area contributed by atoms with Crippen LogP contribution in [0.4, 0.5) is 0 Å². The zero-order valence-corrected chi connectivity index (χ0v) is 11.6. The van der Waals surface area contributed by atoms with Gasteiger partial charge in [-0.25, -0.2) is 0 Å². The molecule has 0 aliphatic rings. The molecule has 0 saturated heterocycles. The third-order valence-corrected chi connectivity index (χ3v) is 3.52. The lowest BCUT2D eigenvalue weighted by Crippen LogP contribution is -2.14. The van der Waals surface area contributed by atoms with Gasteiger partial charge in [-0.2, -0.15) is 0 Å². The maximum Gasteiger partial charge on any atom is 0.0684 e. The number of rotatable bonds is 5. The third kappa shape index (κ3) is 3.24. The number of allylic oxidation sites excluding steroid dienone is 4. The van der Waals surface area contributed by atoms with Crippen LogP contribution >= 0.6 is 11.5 Å². The number of H-pyrrole nitrogens is 1. The highest BCUT2D eigenvalue weighted by molar-refractivity contribution is 7.05. The van der Waals surface area contributed by atoms with E-state index in [0.717, 1.165) is 16.8 Å². The molecule has 0 atom stereocenters. The van der Waals surface area contributed by atoms with E-state index >= 15 is 0 Å². The maximum absolute atomic E-state index is 5.38. The first kappa shape index (κ1) is 13.4. The van der Waals surface area contributed by atoms with Gasteiger partial charge < -0.3 is 9.80 Å². The number of hydrogen-bond acceptors (Lipinski definition) is 3. The van der Waals surface area contributed by atoms with Crippen molar-refractivity contribution >= 4 is 22.7 Å². The summed E-state index contributed by atoms with van der Waals surface area (Å²) in [7, 11) is 0. The molecule has 0 amide bonds. The van der Waals surface area contributed by atoms with Gasteiger partial charge in [-0.15, -0.1) is 0 Å². The summed E-state index contributed by atoms with van der Waals surface area (Å²) in [6, 6.07) is 10.2. The van der Waals surface area contributed by atoms with Crippen molar-refractivity contribution < 1.29 is 0 Å². The number of aromatic amines is 1. The van der Waals surface area contributed by atoms with Crippen molar-refractivity contribution in [3.05, 3.63) is 71.4 Å². The zero-order chi connectivity index (χ0) is 13.7. The Kier molecular flexibility index (Phi) is 4.39. The monoisotopic (exact) mass is 271 g/mol. The van der Waals surface area contributed by atoms with Gasteiger partial charge >= 0.3 is 0 Å². The van der Waals surface area contributed by atoms with Crippen molar-refractivity contribution in [2.75, 3.05) is 0 Å². The van der Waals surface area contributed by atoms with E-state index in [-0.39, 0.29) is 0 Å². The predicted octanol–water partition coefficient (Wildman–Crippen LogP) is 3.54. The van der Waals surface area contributed by atoms with Crippen molar-refractivity contribution in [3.8, 4) is 0 Å². The van der Waals surface area contributed by atoms with Crippen LogP contribution in [0.3, 0.4) is 0 Å². The van der Waals surface area contributed by atoms with Crippen LogP contribution in [0.5, 0.6) is 0 Å². The minimum atomic E-state index is 0.915. The summed E-state index contributed by atoms with van der Waals surface area (Å²) in [4.78, 5) is 0. The summed E-state index contributed by atoms with van der Waals surface area (Å²) in [5.41, 5.74) is 7.84. The smallest absolute Gasteiger partial charge is 0.0684 e. The van der Waals surface area contributed by atoms with E-state index in [1.54, 1.807) is 17.7 Å². The van der Waals surface area contributed by atoms with Crippen LogP contribution in [-0.2, 0) is 0 Å². The molecule has 0 aliphatic heterocycles. The second kappa shape index (κ2) is 6.22. The summed E-state index contributed by atoms with van der Waals surface area (Å²) >= 11 is 1.55. The highest BCUT2D eigenvalue weighted by atomic mass is 32.1. The van der Waals surface area contributed by atoms with Crippen LogP contribution in [0.25, 0.3) is 11.1 Å². The Hall–Kier alpha value is -2.04. The molecule has 2 rings (SSSR count). The summed E-state index contributed by atoms with van der Waals surface area (Å²) in [6.45, 7) is 6.19. The van der Waals surface area contributed by atoms with E-state index in [4.69, 9.17) is 5.84 Å². The standard InChI is InChI=1S/C15H17N3S/c1-11(13-6-4-3-5-7-13)8-12(2)14(9-17-16)15-10-19-18-15/h3-10,17-18H,2,16H2,1H3/b11-8+,14-9+. The quantitative estimate of drug-likeness (QED) is 0.442. The number of benzene rings is 1. The van der Waals surface area contributed by atoms with Crippen LogP contribution in [0.2, 0.25) is 0 Å². The molecule has 0 aliphatic carbocycles. The molecule has 0 unspecified atom stereocenters. The first-order chi connectivity index (χ1) is 9.22. The van der Waals surface area contributed by atoms with Crippen LogP contribution < -0.4 is 11.3 Å². The molecule has 4 N–H and O–H groups in total. The van der Waals surface area contributed by atoms with Gasteiger partial charge in [0.25, 0.3) is 0 Å². The first-order valence-corrected chi connectivity index (χ1v) is 6.82. The Morgan fingerprint density at radius 1 is 1.37 bits per heavy atom. The second-order valence-corrected chi connectivity index (χ2v) is 4.87. The van der Waals surface area contributed by atoms with Gasteiger partial charge in [0.05, 0.1) is 5.69 Å². The Morgan fingerprint density at radius 2 is 2.05 bits per heavy atom. The number of nitrogens with two attached hydrogens (primary N) is 1. The van der Waals surface area contributed by atoms with Gasteiger partial charge in [0, 0.05) is 17.2 Å². The summed E-state index contributed by atoms with van der Waals surface area (Å²) in [5.74, 6) is 5.38. The van der Waals surface area contributed by atoms with E-state index in [0.29, 0.717) is 0 Å². The molecule has 0 fully saturated rings. The molecule has 1 heterocycles. The van der Waals surface area contributed by atoms with Crippen molar-refractivity contribution in [1.82, 2.24) is 9.80 Å². The number of hydrogen-bond donors (Lipinski definition) is 3. The maximum atomic E-state index is 5.38. The topological polar surface area (TPSA) is 53.8 Å². The number of hydrazine groups is 1. The lowest BCUT2D eigenvalue weighted by Gasteiger charge is -2.11. The van der Waals surface area contributed by atoms with Crippen molar-refractivity contribution in [1.29, 1.82) is 0 Å². The molecule has 0 spiro atoms. The van der Waals surface area contributed by atoms with E-state index in [1.165, 1.54) is 11.1 Å². The minimum absolute atomic E-state index is 0.915. The van der Waals surface area contributed by atoms with Crippen molar-refractivity contribution in [2.45, 2.75) is 6.92 Å². The van der Waals surface area contributed by atoms with Gasteiger partial charge in [-0.3, -0.25) is 5.84 Å². The van der Waals surface area contributed by atoms with Crippen molar-refractivity contribution in [2.24, 2.45) is 5.84 Å². The first-order valence-electron chi connectivity index (χ1n) is 5.94. The highest BCUT2D eigenvalue weighted by Crippen LogP contribution is 2.26.